The average molecular weight is 339 g/mol. The van der Waals surface area contributed by atoms with Crippen LogP contribution >= 0.6 is 0 Å². The molecule has 0 atom stereocenters. The third-order valence-electron chi connectivity index (χ3n) is 3.56. The lowest BCUT2D eigenvalue weighted by Crippen LogP contribution is -2.04. The molecule has 0 heterocycles. The summed E-state index contributed by atoms with van der Waals surface area (Å²) in [4.78, 5) is 0. The van der Waals surface area contributed by atoms with E-state index in [1.165, 1.54) is 44.9 Å². The van der Waals surface area contributed by atoms with Crippen LogP contribution in [-0.2, 0) is 19.3 Å². The Morgan fingerprint density at radius 3 is 1.55 bits per heavy atom. The second-order valence-corrected chi connectivity index (χ2v) is 6.84. The lowest BCUT2D eigenvalue weighted by molar-refractivity contribution is 0.125. The highest BCUT2D eigenvalue weighted by Crippen LogP contribution is 2.08. The molecule has 0 radical (unpaired) electrons. The topological polar surface area (TPSA) is 72.8 Å². The molecule has 0 aliphatic heterocycles. The minimum atomic E-state index is -4.27. The molecule has 0 aliphatic rings. The van der Waals surface area contributed by atoms with Crippen molar-refractivity contribution in [1.29, 1.82) is 0 Å². The largest absolute Gasteiger partial charge is 0.397 e. The fraction of sp³-hybridized carbons (Fsp3) is 1.00. The first kappa shape index (κ1) is 21.8. The summed E-state index contributed by atoms with van der Waals surface area (Å²) in [5.41, 5.74) is 0. The number of rotatable bonds is 17. The monoisotopic (exact) mass is 338 g/mol. The van der Waals surface area contributed by atoms with Gasteiger partial charge in [0.05, 0.1) is 6.61 Å². The summed E-state index contributed by atoms with van der Waals surface area (Å²) in [5, 5.41) is 0. The minimum Gasteiger partial charge on any atom is -0.381 e. The Morgan fingerprint density at radius 1 is 0.682 bits per heavy atom. The molecule has 0 rings (SSSR count). The van der Waals surface area contributed by atoms with E-state index in [1.807, 2.05) is 0 Å². The van der Waals surface area contributed by atoms with Crippen LogP contribution in [0.2, 0.25) is 0 Å². The van der Waals surface area contributed by atoms with E-state index in [9.17, 15) is 8.42 Å². The third-order valence-corrected chi connectivity index (χ3v) is 4.02. The summed E-state index contributed by atoms with van der Waals surface area (Å²) in [5.74, 6) is 0. The van der Waals surface area contributed by atoms with Gasteiger partial charge in [0, 0.05) is 13.2 Å². The molecule has 0 aromatic heterocycles. The molecule has 0 saturated heterocycles. The van der Waals surface area contributed by atoms with Crippen molar-refractivity contribution in [3.63, 3.8) is 0 Å². The molecular formula is C16H34O5S. The van der Waals surface area contributed by atoms with Gasteiger partial charge in [-0.25, -0.2) is 4.18 Å². The predicted octanol–water partition coefficient (Wildman–Crippen LogP) is 4.52. The van der Waals surface area contributed by atoms with Gasteiger partial charge < -0.3 is 4.74 Å². The first-order valence-electron chi connectivity index (χ1n) is 8.76. The van der Waals surface area contributed by atoms with Crippen LogP contribution in [0, 0.1) is 0 Å². The van der Waals surface area contributed by atoms with E-state index in [0.29, 0.717) is 6.42 Å². The van der Waals surface area contributed by atoms with Crippen molar-refractivity contribution < 1.29 is 21.9 Å². The van der Waals surface area contributed by atoms with Crippen LogP contribution in [0.25, 0.3) is 0 Å². The van der Waals surface area contributed by atoms with E-state index in [0.717, 1.165) is 38.9 Å². The first-order valence-corrected chi connectivity index (χ1v) is 10.1. The van der Waals surface area contributed by atoms with E-state index >= 15 is 0 Å². The molecule has 0 aromatic carbocycles. The number of hydrogen-bond donors (Lipinski definition) is 1. The Labute approximate surface area is 136 Å². The number of unbranched alkanes of at least 4 members (excludes halogenated alkanes) is 10. The molecule has 0 saturated carbocycles. The predicted molar refractivity (Wildman–Crippen MR) is 89.4 cm³/mol. The zero-order chi connectivity index (χ0) is 16.5. The van der Waals surface area contributed by atoms with Gasteiger partial charge in [0.1, 0.15) is 0 Å². The van der Waals surface area contributed by atoms with E-state index in [2.05, 4.69) is 11.1 Å². The highest BCUT2D eigenvalue weighted by molar-refractivity contribution is 7.80. The Morgan fingerprint density at radius 2 is 1.09 bits per heavy atom. The zero-order valence-electron chi connectivity index (χ0n) is 14.1. The molecule has 0 fully saturated rings. The van der Waals surface area contributed by atoms with Gasteiger partial charge in [0.25, 0.3) is 0 Å². The summed E-state index contributed by atoms with van der Waals surface area (Å²) in [6.07, 6.45) is 14.0. The molecule has 134 valence electrons. The van der Waals surface area contributed by atoms with Gasteiger partial charge >= 0.3 is 10.4 Å². The molecule has 1 N–H and O–H groups in total. The summed E-state index contributed by atoms with van der Waals surface area (Å²) in [7, 11) is -4.27. The highest BCUT2D eigenvalue weighted by atomic mass is 32.3. The molecule has 0 spiro atoms. The molecule has 0 unspecified atom stereocenters. The van der Waals surface area contributed by atoms with Crippen molar-refractivity contribution in [3.8, 4) is 0 Å². The van der Waals surface area contributed by atoms with E-state index in [4.69, 9.17) is 9.29 Å². The molecule has 0 aromatic rings. The lowest BCUT2D eigenvalue weighted by Gasteiger charge is -2.05. The fourth-order valence-corrected chi connectivity index (χ4v) is 2.59. The van der Waals surface area contributed by atoms with Gasteiger partial charge in [-0.3, -0.25) is 4.55 Å². The van der Waals surface area contributed by atoms with Crippen molar-refractivity contribution in [1.82, 2.24) is 0 Å². The second-order valence-electron chi connectivity index (χ2n) is 5.75. The maximum atomic E-state index is 10.3. The van der Waals surface area contributed by atoms with Crippen LogP contribution < -0.4 is 0 Å². The maximum Gasteiger partial charge on any atom is 0.397 e. The lowest BCUT2D eigenvalue weighted by atomic mass is 10.1. The molecule has 0 amide bonds. The summed E-state index contributed by atoms with van der Waals surface area (Å²) in [6.45, 7) is 3.92. The molecule has 0 aliphatic carbocycles. The maximum absolute atomic E-state index is 10.3. The van der Waals surface area contributed by atoms with Gasteiger partial charge in [-0.1, -0.05) is 64.7 Å². The van der Waals surface area contributed by atoms with Gasteiger partial charge in [-0.05, 0) is 19.3 Å². The van der Waals surface area contributed by atoms with Crippen molar-refractivity contribution in [2.75, 3.05) is 19.8 Å². The molecule has 6 heteroatoms. The standard InChI is InChI=1S/C16H34O5S/c1-2-3-4-5-6-7-8-11-14-20-15-12-9-10-13-16-21-22(17,18)19/h2-16H2,1H3,(H,17,18,19). The number of ether oxygens (including phenoxy) is 1. The van der Waals surface area contributed by atoms with E-state index < -0.39 is 10.4 Å². The molecule has 0 bridgehead atoms. The normalized spacial score (nSPS) is 11.9. The summed E-state index contributed by atoms with van der Waals surface area (Å²) < 4.78 is 38.8. The van der Waals surface area contributed by atoms with E-state index in [-0.39, 0.29) is 6.61 Å². The second kappa shape index (κ2) is 15.7. The Bertz CT molecular complexity index is 316. The fourth-order valence-electron chi connectivity index (χ4n) is 2.26. The van der Waals surface area contributed by atoms with Crippen LogP contribution in [-0.4, -0.2) is 32.8 Å². The summed E-state index contributed by atoms with van der Waals surface area (Å²) >= 11 is 0. The van der Waals surface area contributed by atoms with Crippen LogP contribution in [0.3, 0.4) is 0 Å². The molecular weight excluding hydrogens is 304 g/mol. The van der Waals surface area contributed by atoms with Crippen molar-refractivity contribution in [3.05, 3.63) is 0 Å². The van der Waals surface area contributed by atoms with Crippen molar-refractivity contribution >= 4 is 10.4 Å². The minimum absolute atomic E-state index is 0.0535. The third kappa shape index (κ3) is 19.8. The number of hydrogen-bond acceptors (Lipinski definition) is 4. The zero-order valence-corrected chi connectivity index (χ0v) is 14.9. The average Bonchev–Trinajstić information content (AvgIpc) is 2.45. The molecule has 5 nitrogen and oxygen atoms in total. The highest BCUT2D eigenvalue weighted by Gasteiger charge is 2.02. The van der Waals surface area contributed by atoms with Crippen LogP contribution in [0.4, 0.5) is 0 Å². The van der Waals surface area contributed by atoms with Gasteiger partial charge in [-0.2, -0.15) is 8.42 Å². The van der Waals surface area contributed by atoms with Crippen molar-refractivity contribution in [2.45, 2.75) is 84.0 Å². The Balaban J connectivity index is 3.03. The Hall–Kier alpha value is -0.170. The van der Waals surface area contributed by atoms with Gasteiger partial charge in [0.2, 0.25) is 0 Å². The van der Waals surface area contributed by atoms with Gasteiger partial charge in [0.15, 0.2) is 0 Å². The first-order chi connectivity index (χ1) is 10.6. The molecule has 22 heavy (non-hydrogen) atoms. The Kier molecular flexibility index (Phi) is 15.6. The quantitative estimate of drug-likeness (QED) is 0.312. The van der Waals surface area contributed by atoms with E-state index in [1.54, 1.807) is 0 Å². The smallest absolute Gasteiger partial charge is 0.381 e. The van der Waals surface area contributed by atoms with Crippen LogP contribution in [0.1, 0.15) is 84.0 Å². The summed E-state index contributed by atoms with van der Waals surface area (Å²) in [6, 6.07) is 0. The van der Waals surface area contributed by atoms with Crippen LogP contribution in [0.5, 0.6) is 0 Å². The van der Waals surface area contributed by atoms with Gasteiger partial charge in [-0.15, -0.1) is 0 Å². The van der Waals surface area contributed by atoms with Crippen LogP contribution in [0.15, 0.2) is 0 Å². The van der Waals surface area contributed by atoms with Crippen molar-refractivity contribution in [2.24, 2.45) is 0 Å². The SMILES string of the molecule is CCCCCCCCCCOCCCCCCOS(=O)(=O)O.